The highest BCUT2D eigenvalue weighted by molar-refractivity contribution is 6.33. The molecule has 0 aliphatic rings. The van der Waals surface area contributed by atoms with Crippen molar-refractivity contribution >= 4 is 17.6 Å². The van der Waals surface area contributed by atoms with Crippen LogP contribution in [0.15, 0.2) is 12.1 Å². The molecule has 0 bridgehead atoms. The molecule has 0 radical (unpaired) electrons. The minimum Gasteiger partial charge on any atom is -0.465 e. The van der Waals surface area contributed by atoms with Crippen LogP contribution in [0.4, 0.5) is 0 Å². The number of nitrogens with zero attached hydrogens (tertiary/aromatic N) is 1. The smallest absolute Gasteiger partial charge is 0.339 e. The van der Waals surface area contributed by atoms with E-state index in [9.17, 15) is 4.79 Å². The average molecular weight is 210 g/mol. The molecule has 0 aromatic heterocycles. The first-order valence-corrected chi connectivity index (χ1v) is 4.27. The maximum Gasteiger partial charge on any atom is 0.339 e. The van der Waals surface area contributed by atoms with Gasteiger partial charge in [-0.1, -0.05) is 11.6 Å². The third-order valence-corrected chi connectivity index (χ3v) is 2.24. The van der Waals surface area contributed by atoms with Gasteiger partial charge in [0.05, 0.1) is 29.3 Å². The van der Waals surface area contributed by atoms with Crippen molar-refractivity contribution in [3.63, 3.8) is 0 Å². The second-order valence-electron chi connectivity index (χ2n) is 2.70. The molecule has 3 nitrogen and oxygen atoms in total. The van der Waals surface area contributed by atoms with E-state index in [1.165, 1.54) is 13.2 Å². The van der Waals surface area contributed by atoms with E-state index >= 15 is 0 Å². The summed E-state index contributed by atoms with van der Waals surface area (Å²) in [4.78, 5) is 11.3. The lowest BCUT2D eigenvalue weighted by Gasteiger charge is -2.06. The summed E-state index contributed by atoms with van der Waals surface area (Å²) in [6, 6.07) is 5.06. The van der Waals surface area contributed by atoms with Gasteiger partial charge in [0.2, 0.25) is 0 Å². The van der Waals surface area contributed by atoms with Crippen LogP contribution >= 0.6 is 11.6 Å². The Morgan fingerprint density at radius 1 is 1.57 bits per heavy atom. The zero-order valence-corrected chi connectivity index (χ0v) is 8.55. The van der Waals surface area contributed by atoms with Crippen LogP contribution in [0.5, 0.6) is 0 Å². The fourth-order valence-corrected chi connectivity index (χ4v) is 1.43. The largest absolute Gasteiger partial charge is 0.465 e. The van der Waals surface area contributed by atoms with Crippen molar-refractivity contribution in [1.82, 2.24) is 0 Å². The molecule has 4 heteroatoms. The van der Waals surface area contributed by atoms with Crippen molar-refractivity contribution in [3.05, 3.63) is 33.8 Å². The predicted octanol–water partition coefficient (Wildman–Crippen LogP) is 2.31. The summed E-state index contributed by atoms with van der Waals surface area (Å²) >= 11 is 5.82. The van der Waals surface area contributed by atoms with Gasteiger partial charge in [-0.15, -0.1) is 0 Å². The average Bonchev–Trinajstić information content (AvgIpc) is 2.18. The van der Waals surface area contributed by atoms with Gasteiger partial charge >= 0.3 is 5.97 Å². The van der Waals surface area contributed by atoms with Crippen molar-refractivity contribution < 1.29 is 9.53 Å². The lowest BCUT2D eigenvalue weighted by molar-refractivity contribution is 0.0600. The Hall–Kier alpha value is -1.53. The number of nitriles is 1. The topological polar surface area (TPSA) is 50.1 Å². The van der Waals surface area contributed by atoms with Gasteiger partial charge in [-0.3, -0.25) is 0 Å². The Morgan fingerprint density at radius 2 is 2.21 bits per heavy atom. The van der Waals surface area contributed by atoms with Crippen molar-refractivity contribution in [1.29, 1.82) is 5.26 Å². The molecule has 72 valence electrons. The summed E-state index contributed by atoms with van der Waals surface area (Å²) in [6.07, 6.45) is 0. The van der Waals surface area contributed by atoms with Gasteiger partial charge in [-0.2, -0.15) is 5.26 Å². The molecule has 0 aliphatic carbocycles. The first kappa shape index (κ1) is 10.6. The van der Waals surface area contributed by atoms with Crippen molar-refractivity contribution in [3.8, 4) is 6.07 Å². The molecule has 0 aliphatic heterocycles. The number of carbonyl (C=O) groups is 1. The normalized spacial score (nSPS) is 9.29. The van der Waals surface area contributed by atoms with E-state index in [2.05, 4.69) is 4.74 Å². The van der Waals surface area contributed by atoms with Crippen LogP contribution in [0, 0.1) is 18.3 Å². The van der Waals surface area contributed by atoms with E-state index in [-0.39, 0.29) is 5.56 Å². The van der Waals surface area contributed by atoms with E-state index in [0.29, 0.717) is 16.1 Å². The molecule has 14 heavy (non-hydrogen) atoms. The Morgan fingerprint density at radius 3 is 2.71 bits per heavy atom. The van der Waals surface area contributed by atoms with Gasteiger partial charge in [0.25, 0.3) is 0 Å². The first-order valence-electron chi connectivity index (χ1n) is 3.89. The number of hydrogen-bond acceptors (Lipinski definition) is 3. The fourth-order valence-electron chi connectivity index (χ4n) is 1.15. The molecular weight excluding hydrogens is 202 g/mol. The Bertz CT molecular complexity index is 421. The van der Waals surface area contributed by atoms with Gasteiger partial charge in [0.15, 0.2) is 0 Å². The Labute approximate surface area is 86.9 Å². The van der Waals surface area contributed by atoms with E-state index in [1.54, 1.807) is 13.0 Å². The van der Waals surface area contributed by atoms with Crippen LogP contribution in [0.25, 0.3) is 0 Å². The van der Waals surface area contributed by atoms with E-state index < -0.39 is 5.97 Å². The van der Waals surface area contributed by atoms with Crippen LogP contribution in [-0.2, 0) is 4.74 Å². The number of rotatable bonds is 1. The summed E-state index contributed by atoms with van der Waals surface area (Å²) in [5.41, 5.74) is 1.23. The van der Waals surface area contributed by atoms with Crippen molar-refractivity contribution in [2.45, 2.75) is 6.92 Å². The highest BCUT2D eigenvalue weighted by Crippen LogP contribution is 2.23. The number of esters is 1. The zero-order chi connectivity index (χ0) is 10.7. The van der Waals surface area contributed by atoms with Crippen LogP contribution in [0.3, 0.4) is 0 Å². The zero-order valence-electron chi connectivity index (χ0n) is 7.80. The van der Waals surface area contributed by atoms with Crippen molar-refractivity contribution in [2.75, 3.05) is 7.11 Å². The maximum atomic E-state index is 11.3. The second kappa shape index (κ2) is 4.12. The number of methoxy groups -OCH3 is 1. The molecule has 0 spiro atoms. The van der Waals surface area contributed by atoms with Gasteiger partial charge in [0, 0.05) is 0 Å². The molecule has 0 unspecified atom stereocenters. The molecule has 1 rings (SSSR count). The molecule has 0 N–H and O–H groups in total. The number of ether oxygens (including phenoxy) is 1. The van der Waals surface area contributed by atoms with Gasteiger partial charge < -0.3 is 4.74 Å². The number of benzene rings is 1. The molecular formula is C10H8ClNO2. The first-order chi connectivity index (χ1) is 6.61. The Kier molecular flexibility index (Phi) is 3.10. The molecule has 1 aromatic rings. The maximum absolute atomic E-state index is 11.3. The fraction of sp³-hybridized carbons (Fsp3) is 0.200. The van der Waals surface area contributed by atoms with Crippen LogP contribution in [0.1, 0.15) is 21.5 Å². The summed E-state index contributed by atoms with van der Waals surface area (Å²) < 4.78 is 4.56. The molecule has 1 aromatic carbocycles. The number of halogens is 1. The lowest BCUT2D eigenvalue weighted by Crippen LogP contribution is -2.06. The molecule has 0 fully saturated rings. The van der Waals surface area contributed by atoms with E-state index in [0.717, 1.165) is 0 Å². The SMILES string of the molecule is COC(=O)c1c(Cl)ccc(C#N)c1C. The van der Waals surface area contributed by atoms with Crippen LogP contribution in [0.2, 0.25) is 5.02 Å². The highest BCUT2D eigenvalue weighted by Gasteiger charge is 2.16. The summed E-state index contributed by atoms with van der Waals surface area (Å²) in [5.74, 6) is -0.524. The standard InChI is InChI=1S/C10H8ClNO2/c1-6-7(5-12)3-4-8(11)9(6)10(13)14-2/h3-4H,1-2H3. The monoisotopic (exact) mass is 209 g/mol. The minimum absolute atomic E-state index is 0.258. The lowest BCUT2D eigenvalue weighted by atomic mass is 10.0. The number of hydrogen-bond donors (Lipinski definition) is 0. The Balaban J connectivity index is 3.42. The van der Waals surface area contributed by atoms with Crippen molar-refractivity contribution in [2.24, 2.45) is 0 Å². The van der Waals surface area contributed by atoms with E-state index in [1.807, 2.05) is 6.07 Å². The van der Waals surface area contributed by atoms with Gasteiger partial charge in [-0.25, -0.2) is 4.79 Å². The molecule has 0 saturated heterocycles. The van der Waals surface area contributed by atoms with Gasteiger partial charge in [-0.05, 0) is 24.6 Å². The van der Waals surface area contributed by atoms with Crippen LogP contribution in [-0.4, -0.2) is 13.1 Å². The molecule has 0 heterocycles. The quantitative estimate of drug-likeness (QED) is 0.667. The van der Waals surface area contributed by atoms with Crippen LogP contribution < -0.4 is 0 Å². The highest BCUT2D eigenvalue weighted by atomic mass is 35.5. The predicted molar refractivity (Wildman–Crippen MR) is 52.2 cm³/mol. The second-order valence-corrected chi connectivity index (χ2v) is 3.11. The summed E-state index contributed by atoms with van der Waals surface area (Å²) in [7, 11) is 1.27. The number of carbonyl (C=O) groups excluding carboxylic acids is 1. The third-order valence-electron chi connectivity index (χ3n) is 1.92. The molecule has 0 saturated carbocycles. The van der Waals surface area contributed by atoms with Gasteiger partial charge in [0.1, 0.15) is 0 Å². The molecule has 0 atom stereocenters. The third kappa shape index (κ3) is 1.70. The molecule has 0 amide bonds. The minimum atomic E-state index is -0.524. The summed E-state index contributed by atoms with van der Waals surface area (Å²) in [6.45, 7) is 1.66. The summed E-state index contributed by atoms with van der Waals surface area (Å²) in [5, 5.41) is 9.04. The van der Waals surface area contributed by atoms with E-state index in [4.69, 9.17) is 16.9 Å².